The Kier molecular flexibility index (Phi) is 3.07. The molecule has 0 fully saturated rings. The quantitative estimate of drug-likeness (QED) is 0.854. The van der Waals surface area contributed by atoms with Crippen LogP contribution >= 0.6 is 22.0 Å². The summed E-state index contributed by atoms with van der Waals surface area (Å²) in [6.45, 7) is 1.73. The van der Waals surface area contributed by atoms with Gasteiger partial charge in [-0.25, -0.2) is 13.5 Å². The smallest absolute Gasteiger partial charge is 0.268 e. The Balaban J connectivity index is 2.55. The zero-order valence-corrected chi connectivity index (χ0v) is 11.0. The molecule has 0 unspecified atom stereocenters. The summed E-state index contributed by atoms with van der Waals surface area (Å²) in [7, 11) is 1.51. The standard InChI is InChI=1S/C9H7ClN2O3S2/c1-5-4-7(13)11-12-9(5)6-2-3-8(16-6)17(10,14)15/h2-4H,1H3,(H,11,13). The molecule has 1 N–H and O–H groups in total. The average Bonchev–Trinajstić information content (AvgIpc) is 2.65. The second-order valence-electron chi connectivity index (χ2n) is 3.32. The predicted octanol–water partition coefficient (Wildman–Crippen LogP) is 1.73. The summed E-state index contributed by atoms with van der Waals surface area (Å²) in [5.41, 5.74) is 0.920. The van der Waals surface area contributed by atoms with Crippen LogP contribution in [0.5, 0.6) is 0 Å². The van der Waals surface area contributed by atoms with Crippen molar-refractivity contribution in [3.8, 4) is 10.6 Å². The average molecular weight is 291 g/mol. The molecule has 8 heteroatoms. The molecular formula is C9H7ClN2O3S2. The number of rotatable bonds is 2. The van der Waals surface area contributed by atoms with Gasteiger partial charge in [0.25, 0.3) is 14.6 Å². The van der Waals surface area contributed by atoms with Gasteiger partial charge in [-0.15, -0.1) is 11.3 Å². The van der Waals surface area contributed by atoms with E-state index >= 15 is 0 Å². The number of H-pyrrole nitrogens is 1. The highest BCUT2D eigenvalue weighted by Crippen LogP contribution is 2.32. The van der Waals surface area contributed by atoms with E-state index in [-0.39, 0.29) is 9.77 Å². The molecule has 0 atom stereocenters. The van der Waals surface area contributed by atoms with E-state index < -0.39 is 9.05 Å². The molecule has 0 bridgehead atoms. The number of hydrogen-bond donors (Lipinski definition) is 1. The van der Waals surface area contributed by atoms with Crippen LogP contribution in [0.4, 0.5) is 0 Å². The van der Waals surface area contributed by atoms with Crippen molar-refractivity contribution in [3.63, 3.8) is 0 Å². The summed E-state index contributed by atoms with van der Waals surface area (Å²) >= 11 is 1.01. The maximum atomic E-state index is 11.1. The largest absolute Gasteiger partial charge is 0.270 e. The fourth-order valence-electron chi connectivity index (χ4n) is 1.32. The summed E-state index contributed by atoms with van der Waals surface area (Å²) in [5.74, 6) is 0. The highest BCUT2D eigenvalue weighted by molar-refractivity contribution is 8.15. The highest BCUT2D eigenvalue weighted by Gasteiger charge is 2.15. The number of nitrogens with one attached hydrogen (secondary N) is 1. The Hall–Kier alpha value is -1.18. The van der Waals surface area contributed by atoms with Crippen LogP contribution in [0.1, 0.15) is 5.56 Å². The topological polar surface area (TPSA) is 79.9 Å². The van der Waals surface area contributed by atoms with Gasteiger partial charge in [0.2, 0.25) is 0 Å². The number of aromatic amines is 1. The molecule has 0 saturated carbocycles. The summed E-state index contributed by atoms with van der Waals surface area (Å²) in [6.07, 6.45) is 0. The van der Waals surface area contributed by atoms with Gasteiger partial charge in [-0.05, 0) is 24.6 Å². The lowest BCUT2D eigenvalue weighted by atomic mass is 10.2. The van der Waals surface area contributed by atoms with Crippen molar-refractivity contribution < 1.29 is 8.42 Å². The van der Waals surface area contributed by atoms with Crippen LogP contribution in [-0.4, -0.2) is 18.6 Å². The number of halogens is 1. The minimum Gasteiger partial charge on any atom is -0.268 e. The number of thiophene rings is 1. The molecule has 0 amide bonds. The lowest BCUT2D eigenvalue weighted by Gasteiger charge is -1.99. The molecule has 0 spiro atoms. The van der Waals surface area contributed by atoms with Gasteiger partial charge in [0.05, 0.1) is 4.88 Å². The third-order valence-electron chi connectivity index (χ3n) is 2.05. The van der Waals surface area contributed by atoms with E-state index in [2.05, 4.69) is 10.2 Å². The van der Waals surface area contributed by atoms with Gasteiger partial charge in [-0.3, -0.25) is 4.79 Å². The molecule has 2 aromatic heterocycles. The first-order valence-corrected chi connectivity index (χ1v) is 7.62. The van der Waals surface area contributed by atoms with Crippen molar-refractivity contribution in [2.45, 2.75) is 11.1 Å². The molecular weight excluding hydrogens is 284 g/mol. The Morgan fingerprint density at radius 3 is 2.65 bits per heavy atom. The fourth-order valence-corrected chi connectivity index (χ4v) is 3.45. The van der Waals surface area contributed by atoms with Gasteiger partial charge in [0.1, 0.15) is 9.90 Å². The Morgan fingerprint density at radius 1 is 1.41 bits per heavy atom. The second-order valence-corrected chi connectivity index (χ2v) is 7.20. The summed E-state index contributed by atoms with van der Waals surface area (Å²) < 4.78 is 22.3. The van der Waals surface area contributed by atoms with Crippen molar-refractivity contribution in [2.75, 3.05) is 0 Å². The molecule has 0 radical (unpaired) electrons. The Morgan fingerprint density at radius 2 is 2.12 bits per heavy atom. The van der Waals surface area contributed by atoms with Crippen LogP contribution in [0.3, 0.4) is 0 Å². The molecule has 2 heterocycles. The van der Waals surface area contributed by atoms with Crippen LogP contribution in [0.25, 0.3) is 10.6 Å². The molecule has 0 aromatic carbocycles. The van der Waals surface area contributed by atoms with E-state index in [1.165, 1.54) is 12.1 Å². The van der Waals surface area contributed by atoms with Crippen molar-refractivity contribution in [1.82, 2.24) is 10.2 Å². The van der Waals surface area contributed by atoms with Crippen molar-refractivity contribution >= 4 is 31.1 Å². The third kappa shape index (κ3) is 2.56. The first-order valence-electron chi connectivity index (χ1n) is 4.49. The lowest BCUT2D eigenvalue weighted by Crippen LogP contribution is -2.07. The molecule has 0 aliphatic carbocycles. The molecule has 2 rings (SSSR count). The van der Waals surface area contributed by atoms with Gasteiger partial charge in [0.15, 0.2) is 0 Å². The summed E-state index contributed by atoms with van der Waals surface area (Å²) in [6, 6.07) is 4.42. The minimum atomic E-state index is -3.72. The monoisotopic (exact) mass is 290 g/mol. The van der Waals surface area contributed by atoms with Crippen LogP contribution < -0.4 is 5.56 Å². The van der Waals surface area contributed by atoms with Gasteiger partial charge >= 0.3 is 0 Å². The number of nitrogens with zero attached hydrogens (tertiary/aromatic N) is 1. The number of aryl methyl sites for hydroxylation is 1. The molecule has 0 aliphatic rings. The van der Waals surface area contributed by atoms with Gasteiger partial charge < -0.3 is 0 Å². The van der Waals surface area contributed by atoms with E-state index in [1.54, 1.807) is 13.0 Å². The van der Waals surface area contributed by atoms with E-state index in [0.717, 1.165) is 11.3 Å². The van der Waals surface area contributed by atoms with Gasteiger partial charge in [-0.2, -0.15) is 5.10 Å². The van der Waals surface area contributed by atoms with Crippen LogP contribution in [0, 0.1) is 6.92 Å². The van der Waals surface area contributed by atoms with E-state index in [1.807, 2.05) is 0 Å². The van der Waals surface area contributed by atoms with Crippen molar-refractivity contribution in [3.05, 3.63) is 34.1 Å². The molecule has 90 valence electrons. The maximum absolute atomic E-state index is 11.1. The molecule has 2 aromatic rings. The van der Waals surface area contributed by atoms with Crippen LogP contribution in [0.15, 0.2) is 27.2 Å². The number of hydrogen-bond acceptors (Lipinski definition) is 5. The predicted molar refractivity (Wildman–Crippen MR) is 65.9 cm³/mol. The SMILES string of the molecule is Cc1cc(=O)[nH]nc1-c1ccc(S(=O)(=O)Cl)s1. The molecule has 0 saturated heterocycles. The lowest BCUT2D eigenvalue weighted by molar-refractivity contribution is 0.611. The maximum Gasteiger partial charge on any atom is 0.270 e. The van der Waals surface area contributed by atoms with Gasteiger partial charge in [0, 0.05) is 16.7 Å². The van der Waals surface area contributed by atoms with E-state index in [0.29, 0.717) is 16.1 Å². The summed E-state index contributed by atoms with van der Waals surface area (Å²) in [5, 5.41) is 6.18. The van der Waals surface area contributed by atoms with E-state index in [9.17, 15) is 13.2 Å². The highest BCUT2D eigenvalue weighted by atomic mass is 35.7. The van der Waals surface area contributed by atoms with E-state index in [4.69, 9.17) is 10.7 Å². The molecule has 17 heavy (non-hydrogen) atoms. The van der Waals surface area contributed by atoms with Crippen molar-refractivity contribution in [1.29, 1.82) is 0 Å². The van der Waals surface area contributed by atoms with Gasteiger partial charge in [-0.1, -0.05) is 0 Å². The van der Waals surface area contributed by atoms with Crippen LogP contribution in [-0.2, 0) is 9.05 Å². The Labute approximate surface area is 105 Å². The first kappa shape index (κ1) is 12.3. The van der Waals surface area contributed by atoms with Crippen LogP contribution in [0.2, 0.25) is 0 Å². The number of aromatic nitrogens is 2. The van der Waals surface area contributed by atoms with Crippen molar-refractivity contribution in [2.24, 2.45) is 0 Å². The zero-order chi connectivity index (χ0) is 12.6. The molecule has 0 aliphatic heterocycles. The third-order valence-corrected chi connectivity index (χ3v) is 5.24. The fraction of sp³-hybridized carbons (Fsp3) is 0.111. The zero-order valence-electron chi connectivity index (χ0n) is 8.60. The minimum absolute atomic E-state index is 0.0570. The summed E-state index contributed by atoms with van der Waals surface area (Å²) in [4.78, 5) is 11.6. The second kappa shape index (κ2) is 4.25. The normalized spacial score (nSPS) is 11.6. The molecule has 5 nitrogen and oxygen atoms in total. The first-order chi connectivity index (χ1) is 7.88. The Bertz CT molecular complexity index is 718.